The molecule has 5 nitrogen and oxygen atoms in total. The van der Waals surface area contributed by atoms with Crippen molar-refractivity contribution in [3.8, 4) is 5.69 Å². The van der Waals surface area contributed by atoms with Crippen molar-refractivity contribution < 1.29 is 4.79 Å². The van der Waals surface area contributed by atoms with Crippen molar-refractivity contribution in [1.82, 2.24) is 14.5 Å². The first-order chi connectivity index (χ1) is 13.2. The molecule has 2 aromatic carbocycles. The molecule has 0 aliphatic carbocycles. The Morgan fingerprint density at radius 1 is 1.22 bits per heavy atom. The average Bonchev–Trinajstić information content (AvgIpc) is 3.27. The minimum atomic E-state index is 0.00549. The molecule has 0 bridgehead atoms. The summed E-state index contributed by atoms with van der Waals surface area (Å²) >= 11 is 6.94. The average molecular weight is 395 g/mol. The van der Waals surface area contributed by atoms with Crippen LogP contribution >= 0.6 is 23.6 Å². The van der Waals surface area contributed by atoms with Gasteiger partial charge in [-0.3, -0.25) is 9.36 Å². The Labute approximate surface area is 165 Å². The van der Waals surface area contributed by atoms with E-state index in [0.717, 1.165) is 34.7 Å². The highest BCUT2D eigenvalue weighted by atomic mass is 32.1. The predicted octanol–water partition coefficient (Wildman–Crippen LogP) is 5.11. The molecule has 7 heteroatoms. The standard InChI is InChI=1S/C20H18N4OS2/c25-18(9-4-10-19-23-16-7-1-2-8-17(16)27-19)22-14-5-3-6-15(13-14)24-12-11-21-20(24)26/h1-3,5-8,11-13H,4,9-10H2,(H,21,26)(H,22,25). The summed E-state index contributed by atoms with van der Waals surface area (Å²) in [6.45, 7) is 0. The third-order valence-corrected chi connectivity index (χ3v) is 5.60. The van der Waals surface area contributed by atoms with Gasteiger partial charge in [0.25, 0.3) is 0 Å². The summed E-state index contributed by atoms with van der Waals surface area (Å²) < 4.78 is 3.67. The number of para-hydroxylation sites is 1. The van der Waals surface area contributed by atoms with Crippen LogP contribution in [0.3, 0.4) is 0 Å². The van der Waals surface area contributed by atoms with Crippen molar-refractivity contribution in [3.05, 3.63) is 70.7 Å². The monoisotopic (exact) mass is 394 g/mol. The maximum Gasteiger partial charge on any atom is 0.224 e. The second-order valence-electron chi connectivity index (χ2n) is 6.16. The molecule has 2 heterocycles. The van der Waals surface area contributed by atoms with Gasteiger partial charge in [-0.05, 0) is 55.4 Å². The number of benzene rings is 2. The summed E-state index contributed by atoms with van der Waals surface area (Å²) in [5.74, 6) is 0.00549. The highest BCUT2D eigenvalue weighted by Crippen LogP contribution is 2.23. The summed E-state index contributed by atoms with van der Waals surface area (Å²) in [7, 11) is 0. The second kappa shape index (κ2) is 7.85. The minimum absolute atomic E-state index is 0.00549. The predicted molar refractivity (Wildman–Crippen MR) is 112 cm³/mol. The molecule has 136 valence electrons. The van der Waals surface area contributed by atoms with Crippen molar-refractivity contribution in [2.45, 2.75) is 19.3 Å². The Morgan fingerprint density at radius 3 is 2.93 bits per heavy atom. The van der Waals surface area contributed by atoms with E-state index in [-0.39, 0.29) is 5.91 Å². The molecule has 0 radical (unpaired) electrons. The van der Waals surface area contributed by atoms with E-state index < -0.39 is 0 Å². The van der Waals surface area contributed by atoms with Gasteiger partial charge in [0.15, 0.2) is 4.77 Å². The molecular weight excluding hydrogens is 376 g/mol. The van der Waals surface area contributed by atoms with E-state index in [1.54, 1.807) is 17.5 Å². The number of aromatic amines is 1. The lowest BCUT2D eigenvalue weighted by Crippen LogP contribution is -2.11. The molecule has 0 spiro atoms. The molecule has 4 aromatic rings. The number of rotatable bonds is 6. The van der Waals surface area contributed by atoms with Crippen LogP contribution in [0.4, 0.5) is 5.69 Å². The lowest BCUT2D eigenvalue weighted by Gasteiger charge is -2.08. The lowest BCUT2D eigenvalue weighted by atomic mass is 10.2. The number of hydrogen-bond acceptors (Lipinski definition) is 4. The van der Waals surface area contributed by atoms with Crippen LogP contribution in [0.1, 0.15) is 17.8 Å². The fourth-order valence-corrected chi connectivity index (χ4v) is 4.15. The number of fused-ring (bicyclic) bond motifs is 1. The number of aryl methyl sites for hydroxylation is 1. The molecule has 0 saturated carbocycles. The van der Waals surface area contributed by atoms with Gasteiger partial charge in [-0.2, -0.15) is 0 Å². The summed E-state index contributed by atoms with van der Waals surface area (Å²) in [6.07, 6.45) is 5.69. The highest BCUT2D eigenvalue weighted by molar-refractivity contribution is 7.71. The van der Waals surface area contributed by atoms with Crippen molar-refractivity contribution in [1.29, 1.82) is 0 Å². The first kappa shape index (κ1) is 17.6. The zero-order chi connectivity index (χ0) is 18.6. The second-order valence-corrected chi connectivity index (χ2v) is 7.66. The zero-order valence-corrected chi connectivity index (χ0v) is 16.1. The van der Waals surface area contributed by atoms with E-state index in [9.17, 15) is 4.79 Å². The van der Waals surface area contributed by atoms with Gasteiger partial charge in [0, 0.05) is 30.2 Å². The van der Waals surface area contributed by atoms with Gasteiger partial charge >= 0.3 is 0 Å². The van der Waals surface area contributed by atoms with Crippen molar-refractivity contribution in [2.24, 2.45) is 0 Å². The Morgan fingerprint density at radius 2 is 2.11 bits per heavy atom. The van der Waals surface area contributed by atoms with Crippen molar-refractivity contribution in [2.75, 3.05) is 5.32 Å². The van der Waals surface area contributed by atoms with E-state index in [4.69, 9.17) is 12.2 Å². The molecule has 0 aliphatic heterocycles. The number of imidazole rings is 1. The first-order valence-corrected chi connectivity index (χ1v) is 9.92. The maximum absolute atomic E-state index is 12.3. The fraction of sp³-hybridized carbons (Fsp3) is 0.150. The van der Waals surface area contributed by atoms with E-state index in [1.165, 1.54) is 4.70 Å². The summed E-state index contributed by atoms with van der Waals surface area (Å²) in [6, 6.07) is 15.8. The molecule has 1 amide bonds. The van der Waals surface area contributed by atoms with Gasteiger partial charge in [-0.15, -0.1) is 11.3 Å². The lowest BCUT2D eigenvalue weighted by molar-refractivity contribution is -0.116. The van der Waals surface area contributed by atoms with Crippen molar-refractivity contribution >= 4 is 45.4 Å². The fourth-order valence-electron chi connectivity index (χ4n) is 2.91. The molecule has 27 heavy (non-hydrogen) atoms. The Balaban J connectivity index is 1.34. The van der Waals surface area contributed by atoms with Crippen molar-refractivity contribution in [3.63, 3.8) is 0 Å². The van der Waals surface area contributed by atoms with Gasteiger partial charge in [0.2, 0.25) is 5.91 Å². The molecule has 4 rings (SSSR count). The quantitative estimate of drug-likeness (QED) is 0.447. The number of H-pyrrole nitrogens is 1. The number of carbonyl (C=O) groups is 1. The minimum Gasteiger partial charge on any atom is -0.337 e. The van der Waals surface area contributed by atoms with Gasteiger partial charge in [-0.25, -0.2) is 4.98 Å². The van der Waals surface area contributed by atoms with Crippen LogP contribution in [-0.4, -0.2) is 20.4 Å². The van der Waals surface area contributed by atoms with Gasteiger partial charge < -0.3 is 10.3 Å². The largest absolute Gasteiger partial charge is 0.337 e. The molecule has 0 atom stereocenters. The van der Waals surface area contributed by atoms with E-state index in [1.807, 2.05) is 53.2 Å². The smallest absolute Gasteiger partial charge is 0.224 e. The Bertz CT molecular complexity index is 1110. The highest BCUT2D eigenvalue weighted by Gasteiger charge is 2.07. The summed E-state index contributed by atoms with van der Waals surface area (Å²) in [5, 5.41) is 4.04. The van der Waals surface area contributed by atoms with E-state index in [2.05, 4.69) is 21.4 Å². The number of aromatic nitrogens is 3. The molecule has 0 unspecified atom stereocenters. The van der Waals surface area contributed by atoms with Crippen LogP contribution in [0.15, 0.2) is 60.9 Å². The van der Waals surface area contributed by atoms with Gasteiger partial charge in [0.05, 0.1) is 15.2 Å². The maximum atomic E-state index is 12.3. The molecule has 2 aromatic heterocycles. The number of nitrogens with zero attached hydrogens (tertiary/aromatic N) is 2. The Hall–Kier alpha value is -2.77. The van der Waals surface area contributed by atoms with Crippen LogP contribution in [0.2, 0.25) is 0 Å². The van der Waals surface area contributed by atoms with Gasteiger partial charge in [-0.1, -0.05) is 18.2 Å². The zero-order valence-electron chi connectivity index (χ0n) is 14.5. The normalized spacial score (nSPS) is 11.0. The number of amides is 1. The first-order valence-electron chi connectivity index (χ1n) is 8.70. The van der Waals surface area contributed by atoms with Crippen LogP contribution in [0, 0.1) is 4.77 Å². The number of thiazole rings is 1. The Kier molecular flexibility index (Phi) is 5.13. The third-order valence-electron chi connectivity index (χ3n) is 4.19. The molecule has 0 fully saturated rings. The van der Waals surface area contributed by atoms with Crippen LogP contribution in [0.25, 0.3) is 15.9 Å². The number of hydrogen-bond donors (Lipinski definition) is 2. The summed E-state index contributed by atoms with van der Waals surface area (Å²) in [5.41, 5.74) is 2.70. The number of anilines is 1. The number of nitrogens with one attached hydrogen (secondary N) is 2. The molecule has 2 N–H and O–H groups in total. The summed E-state index contributed by atoms with van der Waals surface area (Å²) in [4.78, 5) is 19.9. The van der Waals surface area contributed by atoms with Crippen LogP contribution < -0.4 is 5.32 Å². The SMILES string of the molecule is O=C(CCCc1nc2ccccc2s1)Nc1cccc(-n2cc[nH]c2=S)c1. The number of carbonyl (C=O) groups excluding carboxylic acids is 1. The van der Waals surface area contributed by atoms with Crippen LogP contribution in [0.5, 0.6) is 0 Å². The molecule has 0 saturated heterocycles. The van der Waals surface area contributed by atoms with Gasteiger partial charge in [0.1, 0.15) is 0 Å². The van der Waals surface area contributed by atoms with Crippen LogP contribution in [-0.2, 0) is 11.2 Å². The topological polar surface area (TPSA) is 62.7 Å². The third kappa shape index (κ3) is 4.15. The van der Waals surface area contributed by atoms with E-state index >= 15 is 0 Å². The van der Waals surface area contributed by atoms with E-state index in [0.29, 0.717) is 11.2 Å². The molecular formula is C20H18N4OS2. The molecule has 0 aliphatic rings.